The first-order valence-electron chi connectivity index (χ1n) is 9.31. The van der Waals surface area contributed by atoms with E-state index in [1.54, 1.807) is 19.4 Å². The Morgan fingerprint density at radius 2 is 2.15 bits per heavy atom. The first-order valence-corrected chi connectivity index (χ1v) is 9.31. The van der Waals surface area contributed by atoms with E-state index in [0.29, 0.717) is 12.4 Å². The van der Waals surface area contributed by atoms with Gasteiger partial charge in [-0.3, -0.25) is 9.59 Å². The maximum absolute atomic E-state index is 12.8. The molecule has 6 heteroatoms. The minimum Gasteiger partial charge on any atom is -0.350 e. The van der Waals surface area contributed by atoms with Crippen LogP contribution in [-0.4, -0.2) is 34.6 Å². The number of anilines is 1. The highest BCUT2D eigenvalue weighted by molar-refractivity contribution is 5.96. The molecule has 1 amide bonds. The van der Waals surface area contributed by atoms with Crippen molar-refractivity contribution in [3.63, 3.8) is 0 Å². The Kier molecular flexibility index (Phi) is 4.49. The van der Waals surface area contributed by atoms with Gasteiger partial charge in [0.2, 0.25) is 0 Å². The third-order valence-electron chi connectivity index (χ3n) is 5.45. The number of hydrogen-bond acceptors (Lipinski definition) is 4. The van der Waals surface area contributed by atoms with Gasteiger partial charge in [-0.15, -0.1) is 0 Å². The Labute approximate surface area is 152 Å². The quantitative estimate of drug-likeness (QED) is 0.912. The Bertz CT molecular complexity index is 890. The summed E-state index contributed by atoms with van der Waals surface area (Å²) in [6.07, 6.45) is 8.33. The van der Waals surface area contributed by atoms with E-state index in [1.807, 2.05) is 17.0 Å². The normalized spacial score (nSPS) is 19.3. The van der Waals surface area contributed by atoms with Crippen LogP contribution in [0.4, 0.5) is 5.82 Å². The fourth-order valence-electron chi connectivity index (χ4n) is 4.08. The third-order valence-corrected chi connectivity index (χ3v) is 5.45. The minimum atomic E-state index is -0.0969. The number of rotatable bonds is 3. The standard InChI is InChI=1S/C20H24N4O2/c1-23-12-10-21-18(20(23)26)24-11-4-7-15(13-24)22-19(25)17-9-3-6-14-5-2-8-16(14)17/h3,6,9-10,12,15H,2,4-5,7-8,11,13H2,1H3,(H,22,25)/t15-/m1/s1. The lowest BCUT2D eigenvalue weighted by atomic mass is 10.0. The average molecular weight is 352 g/mol. The molecule has 4 rings (SSSR count). The molecule has 26 heavy (non-hydrogen) atoms. The number of amides is 1. The number of nitrogens with one attached hydrogen (secondary N) is 1. The van der Waals surface area contributed by atoms with Crippen molar-refractivity contribution in [2.45, 2.75) is 38.1 Å². The molecule has 1 aromatic carbocycles. The Morgan fingerprint density at radius 3 is 3.04 bits per heavy atom. The van der Waals surface area contributed by atoms with E-state index in [-0.39, 0.29) is 17.5 Å². The van der Waals surface area contributed by atoms with Crippen LogP contribution in [0.15, 0.2) is 35.4 Å². The molecule has 2 aliphatic rings. The highest BCUT2D eigenvalue weighted by Gasteiger charge is 2.26. The molecule has 6 nitrogen and oxygen atoms in total. The predicted octanol–water partition coefficient (Wildman–Crippen LogP) is 1.67. The van der Waals surface area contributed by atoms with Crippen LogP contribution in [0.3, 0.4) is 0 Å². The summed E-state index contributed by atoms with van der Waals surface area (Å²) in [5.41, 5.74) is 3.22. The second kappa shape index (κ2) is 6.94. The molecule has 2 heterocycles. The van der Waals surface area contributed by atoms with Gasteiger partial charge in [-0.25, -0.2) is 4.98 Å². The number of carbonyl (C=O) groups is 1. The van der Waals surface area contributed by atoms with E-state index in [2.05, 4.69) is 16.4 Å². The molecule has 1 saturated heterocycles. The first kappa shape index (κ1) is 16.8. The minimum absolute atomic E-state index is 0.00419. The molecule has 0 bridgehead atoms. The molecule has 0 saturated carbocycles. The second-order valence-corrected chi connectivity index (χ2v) is 7.22. The van der Waals surface area contributed by atoms with Crippen molar-refractivity contribution in [1.82, 2.24) is 14.9 Å². The third kappa shape index (κ3) is 3.11. The van der Waals surface area contributed by atoms with Gasteiger partial charge in [0.15, 0.2) is 5.82 Å². The SMILES string of the molecule is Cn1ccnc(N2CCC[C@@H](NC(=O)c3cccc4c3CCC4)C2)c1=O. The smallest absolute Gasteiger partial charge is 0.293 e. The van der Waals surface area contributed by atoms with Crippen molar-refractivity contribution in [2.24, 2.45) is 7.05 Å². The molecule has 0 unspecified atom stereocenters. The van der Waals surface area contributed by atoms with Gasteiger partial charge in [0.1, 0.15) is 0 Å². The largest absolute Gasteiger partial charge is 0.350 e. The van der Waals surface area contributed by atoms with Crippen LogP contribution >= 0.6 is 0 Å². The molecular weight excluding hydrogens is 328 g/mol. The zero-order chi connectivity index (χ0) is 18.1. The van der Waals surface area contributed by atoms with Crippen LogP contribution in [0.2, 0.25) is 0 Å². The van der Waals surface area contributed by atoms with Crippen LogP contribution < -0.4 is 15.8 Å². The van der Waals surface area contributed by atoms with Crippen LogP contribution in [-0.2, 0) is 19.9 Å². The van der Waals surface area contributed by atoms with Crippen LogP contribution in [0, 0.1) is 0 Å². The van der Waals surface area contributed by atoms with Crippen molar-refractivity contribution in [3.8, 4) is 0 Å². The molecule has 1 aliphatic carbocycles. The summed E-state index contributed by atoms with van der Waals surface area (Å²) in [6.45, 7) is 1.41. The molecule has 1 fully saturated rings. The maximum Gasteiger partial charge on any atom is 0.293 e. The molecule has 136 valence electrons. The van der Waals surface area contributed by atoms with E-state index < -0.39 is 0 Å². The summed E-state index contributed by atoms with van der Waals surface area (Å²) in [5.74, 6) is 0.471. The zero-order valence-corrected chi connectivity index (χ0v) is 15.1. The Morgan fingerprint density at radius 1 is 1.27 bits per heavy atom. The van der Waals surface area contributed by atoms with E-state index in [9.17, 15) is 9.59 Å². The Balaban J connectivity index is 1.49. The number of nitrogens with zero attached hydrogens (tertiary/aromatic N) is 3. The fourth-order valence-corrected chi connectivity index (χ4v) is 4.08. The molecule has 0 spiro atoms. The summed E-state index contributed by atoms with van der Waals surface area (Å²) in [4.78, 5) is 31.4. The number of piperidine rings is 1. The lowest BCUT2D eigenvalue weighted by Gasteiger charge is -2.33. The predicted molar refractivity (Wildman–Crippen MR) is 101 cm³/mol. The summed E-state index contributed by atoms with van der Waals surface area (Å²) in [6, 6.07) is 6.05. The lowest BCUT2D eigenvalue weighted by molar-refractivity contribution is 0.0932. The highest BCUT2D eigenvalue weighted by Crippen LogP contribution is 2.25. The second-order valence-electron chi connectivity index (χ2n) is 7.22. The van der Waals surface area contributed by atoms with E-state index >= 15 is 0 Å². The van der Waals surface area contributed by atoms with Crippen LogP contribution in [0.5, 0.6) is 0 Å². The van der Waals surface area contributed by atoms with E-state index in [1.165, 1.54) is 15.7 Å². The van der Waals surface area contributed by atoms with Crippen LogP contribution in [0.25, 0.3) is 0 Å². The number of fused-ring (bicyclic) bond motifs is 1. The Hall–Kier alpha value is -2.63. The lowest BCUT2D eigenvalue weighted by Crippen LogP contribution is -2.49. The molecule has 2 aromatic rings. The number of hydrogen-bond donors (Lipinski definition) is 1. The highest BCUT2D eigenvalue weighted by atomic mass is 16.2. The summed E-state index contributed by atoms with van der Waals surface area (Å²) in [5, 5.41) is 3.18. The molecule has 1 N–H and O–H groups in total. The van der Waals surface area contributed by atoms with Gasteiger partial charge in [0, 0.05) is 44.1 Å². The number of benzene rings is 1. The molecule has 0 radical (unpaired) electrons. The van der Waals surface area contributed by atoms with Gasteiger partial charge in [0.05, 0.1) is 0 Å². The average Bonchev–Trinajstić information content (AvgIpc) is 3.13. The first-order chi connectivity index (χ1) is 12.6. The number of aryl methyl sites for hydroxylation is 2. The summed E-state index contributed by atoms with van der Waals surface area (Å²) in [7, 11) is 1.73. The topological polar surface area (TPSA) is 67.2 Å². The molecule has 1 aliphatic heterocycles. The van der Waals surface area contributed by atoms with Gasteiger partial charge < -0.3 is 14.8 Å². The van der Waals surface area contributed by atoms with Crippen LogP contribution in [0.1, 0.15) is 40.7 Å². The zero-order valence-electron chi connectivity index (χ0n) is 15.1. The maximum atomic E-state index is 12.8. The van der Waals surface area contributed by atoms with Crippen molar-refractivity contribution in [3.05, 3.63) is 57.6 Å². The van der Waals surface area contributed by atoms with E-state index in [0.717, 1.165) is 44.2 Å². The van der Waals surface area contributed by atoms with Crippen molar-refractivity contribution in [1.29, 1.82) is 0 Å². The summed E-state index contributed by atoms with van der Waals surface area (Å²) < 4.78 is 1.54. The van der Waals surface area contributed by atoms with E-state index in [4.69, 9.17) is 0 Å². The monoisotopic (exact) mass is 352 g/mol. The molecule has 1 aromatic heterocycles. The molecule has 1 atom stereocenters. The van der Waals surface area contributed by atoms with Crippen molar-refractivity contribution >= 4 is 11.7 Å². The van der Waals surface area contributed by atoms with Gasteiger partial charge >= 0.3 is 0 Å². The molecular formula is C20H24N4O2. The number of aromatic nitrogens is 2. The van der Waals surface area contributed by atoms with Crippen molar-refractivity contribution < 1.29 is 4.79 Å². The summed E-state index contributed by atoms with van der Waals surface area (Å²) >= 11 is 0. The van der Waals surface area contributed by atoms with Gasteiger partial charge in [-0.1, -0.05) is 12.1 Å². The fraction of sp³-hybridized carbons (Fsp3) is 0.450. The van der Waals surface area contributed by atoms with Gasteiger partial charge in [0.25, 0.3) is 11.5 Å². The van der Waals surface area contributed by atoms with Gasteiger partial charge in [-0.2, -0.15) is 0 Å². The van der Waals surface area contributed by atoms with Crippen molar-refractivity contribution in [2.75, 3.05) is 18.0 Å². The number of carbonyl (C=O) groups excluding carboxylic acids is 1. The van der Waals surface area contributed by atoms with Gasteiger partial charge in [-0.05, 0) is 49.3 Å².